The number of pyridine rings is 1. The van der Waals surface area contributed by atoms with Crippen molar-refractivity contribution in [1.29, 1.82) is 5.26 Å². The van der Waals surface area contributed by atoms with Gasteiger partial charge in [-0.2, -0.15) is 5.26 Å². The monoisotopic (exact) mass is 377 g/mol. The van der Waals surface area contributed by atoms with Gasteiger partial charge in [-0.15, -0.1) is 0 Å². The van der Waals surface area contributed by atoms with Crippen LogP contribution in [0.1, 0.15) is 12.5 Å². The second kappa shape index (κ2) is 7.83. The summed E-state index contributed by atoms with van der Waals surface area (Å²) < 4.78 is 25.4. The lowest BCUT2D eigenvalue weighted by Crippen LogP contribution is -2.49. The Hall–Kier alpha value is -3.17. The van der Waals surface area contributed by atoms with Gasteiger partial charge in [0.1, 0.15) is 18.8 Å². The van der Waals surface area contributed by atoms with Crippen LogP contribution in [0.2, 0.25) is 0 Å². The van der Waals surface area contributed by atoms with Gasteiger partial charge in [-0.25, -0.2) is 4.39 Å². The van der Waals surface area contributed by atoms with Crippen molar-refractivity contribution >= 4 is 16.6 Å². The maximum Gasteiger partial charge on any atom is 0.165 e. The highest BCUT2D eigenvalue weighted by Gasteiger charge is 2.27. The van der Waals surface area contributed by atoms with Crippen molar-refractivity contribution in [3.8, 4) is 11.8 Å². The first kappa shape index (κ1) is 18.2. The van der Waals surface area contributed by atoms with Crippen molar-refractivity contribution in [2.75, 3.05) is 24.6 Å². The number of para-hydroxylation sites is 1. The van der Waals surface area contributed by atoms with Gasteiger partial charge in [-0.3, -0.25) is 4.98 Å². The molecule has 0 amide bonds. The first-order valence-corrected chi connectivity index (χ1v) is 9.21. The Bertz CT molecular complexity index is 1030. The van der Waals surface area contributed by atoms with Gasteiger partial charge in [0.25, 0.3) is 0 Å². The van der Waals surface area contributed by atoms with E-state index in [1.807, 2.05) is 25.1 Å². The summed E-state index contributed by atoms with van der Waals surface area (Å²) in [6, 6.07) is 16.2. The third kappa shape index (κ3) is 3.62. The molecule has 0 saturated carbocycles. The van der Waals surface area contributed by atoms with Gasteiger partial charge in [0, 0.05) is 30.4 Å². The molecular formula is C22H20FN3O2. The van der Waals surface area contributed by atoms with E-state index in [9.17, 15) is 9.65 Å². The Morgan fingerprint density at radius 2 is 2.07 bits per heavy atom. The minimum atomic E-state index is -0.382. The lowest BCUT2D eigenvalue weighted by atomic mass is 10.1. The van der Waals surface area contributed by atoms with Gasteiger partial charge in [0.15, 0.2) is 11.6 Å². The van der Waals surface area contributed by atoms with E-state index < -0.39 is 0 Å². The minimum absolute atomic E-state index is 0.00895. The van der Waals surface area contributed by atoms with E-state index in [4.69, 9.17) is 9.47 Å². The summed E-state index contributed by atoms with van der Waals surface area (Å²) in [6.45, 7) is 3.58. The number of halogens is 1. The van der Waals surface area contributed by atoms with Gasteiger partial charge >= 0.3 is 0 Å². The smallest absolute Gasteiger partial charge is 0.165 e. The number of nitrogens with zero attached hydrogens (tertiary/aromatic N) is 3. The van der Waals surface area contributed by atoms with E-state index in [0.717, 1.165) is 11.1 Å². The van der Waals surface area contributed by atoms with Crippen LogP contribution in [0.25, 0.3) is 10.9 Å². The molecule has 1 saturated heterocycles. The van der Waals surface area contributed by atoms with Crippen LogP contribution in [0.3, 0.4) is 0 Å². The number of ether oxygens (including phenoxy) is 2. The highest BCUT2D eigenvalue weighted by Crippen LogP contribution is 2.30. The van der Waals surface area contributed by atoms with E-state index in [1.165, 1.54) is 6.07 Å². The maximum atomic E-state index is 13.8. The van der Waals surface area contributed by atoms with Crippen molar-refractivity contribution in [2.24, 2.45) is 0 Å². The molecule has 0 radical (unpaired) electrons. The molecule has 3 aromatic rings. The molecule has 2 aromatic carbocycles. The van der Waals surface area contributed by atoms with Gasteiger partial charge in [0.05, 0.1) is 17.2 Å². The van der Waals surface area contributed by atoms with Crippen LogP contribution < -0.4 is 9.64 Å². The molecule has 0 bridgehead atoms. The van der Waals surface area contributed by atoms with Crippen molar-refractivity contribution in [3.63, 3.8) is 0 Å². The molecule has 0 N–H and O–H groups in total. The highest BCUT2D eigenvalue weighted by molar-refractivity contribution is 5.95. The lowest BCUT2D eigenvalue weighted by molar-refractivity contribution is -0.0374. The zero-order valence-electron chi connectivity index (χ0n) is 15.5. The number of anilines is 1. The Morgan fingerprint density at radius 1 is 1.21 bits per heavy atom. The van der Waals surface area contributed by atoms with Gasteiger partial charge in [0.2, 0.25) is 0 Å². The van der Waals surface area contributed by atoms with Crippen molar-refractivity contribution in [1.82, 2.24) is 4.98 Å². The van der Waals surface area contributed by atoms with Crippen LogP contribution in [0, 0.1) is 17.1 Å². The molecule has 0 unspecified atom stereocenters. The second-order valence-electron chi connectivity index (χ2n) is 6.86. The summed E-state index contributed by atoms with van der Waals surface area (Å²) in [5, 5.41) is 10.3. The van der Waals surface area contributed by atoms with E-state index in [0.29, 0.717) is 24.2 Å². The molecule has 142 valence electrons. The van der Waals surface area contributed by atoms with Crippen LogP contribution in [-0.2, 0) is 4.74 Å². The third-order valence-corrected chi connectivity index (χ3v) is 4.80. The summed E-state index contributed by atoms with van der Waals surface area (Å²) in [5.74, 6) is -0.156. The number of nitriles is 1. The van der Waals surface area contributed by atoms with Crippen molar-refractivity contribution < 1.29 is 13.9 Å². The number of rotatable bonds is 4. The maximum absolute atomic E-state index is 13.8. The molecule has 1 aliphatic rings. The minimum Gasteiger partial charge on any atom is -0.488 e. The molecule has 4 rings (SSSR count). The normalized spacial score (nSPS) is 19.4. The van der Waals surface area contributed by atoms with Gasteiger partial charge in [-0.1, -0.05) is 12.1 Å². The third-order valence-electron chi connectivity index (χ3n) is 4.80. The average Bonchev–Trinajstić information content (AvgIpc) is 2.72. The SMILES string of the molecule is C[C@@H]1CN(c2ccc(C#N)c3ncccc23)C[C@H](COc2ccccc2F)O1. The summed E-state index contributed by atoms with van der Waals surface area (Å²) in [4.78, 5) is 6.60. The first-order chi connectivity index (χ1) is 13.7. The largest absolute Gasteiger partial charge is 0.488 e. The predicted octanol–water partition coefficient (Wildman–Crippen LogP) is 3.92. The molecule has 5 nitrogen and oxygen atoms in total. The topological polar surface area (TPSA) is 58.4 Å². The fourth-order valence-corrected chi connectivity index (χ4v) is 3.60. The first-order valence-electron chi connectivity index (χ1n) is 9.21. The molecule has 1 aliphatic heterocycles. The Morgan fingerprint density at radius 3 is 2.89 bits per heavy atom. The van der Waals surface area contributed by atoms with Crippen LogP contribution in [-0.4, -0.2) is 36.9 Å². The quantitative estimate of drug-likeness (QED) is 0.690. The van der Waals surface area contributed by atoms with Crippen molar-refractivity contribution in [2.45, 2.75) is 19.1 Å². The standard InChI is InChI=1S/C22H20FN3O2/c1-15-12-26(13-17(28-15)14-27-21-7-3-2-6-19(21)23)20-9-8-16(11-24)22-18(20)5-4-10-25-22/h2-10,15,17H,12-14H2,1H3/t15-,17-/m1/s1. The summed E-state index contributed by atoms with van der Waals surface area (Å²) in [6.07, 6.45) is 1.48. The summed E-state index contributed by atoms with van der Waals surface area (Å²) in [5.41, 5.74) is 2.26. The number of fused-ring (bicyclic) bond motifs is 1. The Labute approximate surface area is 162 Å². The van der Waals surface area contributed by atoms with E-state index in [2.05, 4.69) is 16.0 Å². The van der Waals surface area contributed by atoms with E-state index >= 15 is 0 Å². The Balaban J connectivity index is 1.57. The van der Waals surface area contributed by atoms with Crippen LogP contribution in [0.4, 0.5) is 10.1 Å². The van der Waals surface area contributed by atoms with E-state index in [-0.39, 0.29) is 30.4 Å². The van der Waals surface area contributed by atoms with Crippen LogP contribution in [0.15, 0.2) is 54.7 Å². The van der Waals surface area contributed by atoms with Crippen molar-refractivity contribution in [3.05, 3.63) is 66.1 Å². The molecule has 2 atom stereocenters. The number of morpholine rings is 1. The van der Waals surface area contributed by atoms with Crippen LogP contribution in [0.5, 0.6) is 5.75 Å². The van der Waals surface area contributed by atoms with Crippen LogP contribution >= 0.6 is 0 Å². The van der Waals surface area contributed by atoms with Gasteiger partial charge < -0.3 is 14.4 Å². The predicted molar refractivity (Wildman–Crippen MR) is 105 cm³/mol. The number of hydrogen-bond donors (Lipinski definition) is 0. The second-order valence-corrected chi connectivity index (χ2v) is 6.86. The highest BCUT2D eigenvalue weighted by atomic mass is 19.1. The number of aromatic nitrogens is 1. The molecule has 1 fully saturated rings. The molecular weight excluding hydrogens is 357 g/mol. The van der Waals surface area contributed by atoms with E-state index in [1.54, 1.807) is 30.5 Å². The fraction of sp³-hybridized carbons (Fsp3) is 0.273. The molecule has 2 heterocycles. The molecule has 28 heavy (non-hydrogen) atoms. The zero-order chi connectivity index (χ0) is 19.5. The van der Waals surface area contributed by atoms with Gasteiger partial charge in [-0.05, 0) is 43.3 Å². The molecule has 0 aliphatic carbocycles. The zero-order valence-corrected chi connectivity index (χ0v) is 15.5. The Kier molecular flexibility index (Phi) is 5.09. The number of hydrogen-bond acceptors (Lipinski definition) is 5. The summed E-state index contributed by atoms with van der Waals surface area (Å²) in [7, 11) is 0. The molecule has 1 aromatic heterocycles. The summed E-state index contributed by atoms with van der Waals surface area (Å²) >= 11 is 0. The molecule has 6 heteroatoms. The number of benzene rings is 2. The fourth-order valence-electron chi connectivity index (χ4n) is 3.60. The molecule has 0 spiro atoms. The average molecular weight is 377 g/mol. The lowest BCUT2D eigenvalue weighted by Gasteiger charge is -2.38.